The van der Waals surface area contributed by atoms with Gasteiger partial charge in [-0.2, -0.15) is 5.26 Å². The lowest BCUT2D eigenvalue weighted by Crippen LogP contribution is -1.96. The van der Waals surface area contributed by atoms with Gasteiger partial charge in [0.1, 0.15) is 5.82 Å². The largest absolute Gasteiger partial charge is 0.347 e. The zero-order valence-corrected chi connectivity index (χ0v) is 10.1. The predicted molar refractivity (Wildman–Crippen MR) is 66.7 cm³/mol. The van der Waals surface area contributed by atoms with E-state index in [9.17, 15) is 9.18 Å². The molecule has 0 N–H and O–H groups in total. The third kappa shape index (κ3) is 2.25. The molecule has 1 heterocycles. The summed E-state index contributed by atoms with van der Waals surface area (Å²) in [5, 5.41) is 9.16. The number of Topliss-reactive ketones (excluding diaryl/α,β-unsaturated/α-hetero) is 1. The number of halogens is 1. The topological polar surface area (TPSA) is 45.8 Å². The Balaban J connectivity index is 2.48. The predicted octanol–water partition coefficient (Wildman–Crippen LogP) is 3.29. The molecule has 92 valence electrons. The molecule has 0 spiro atoms. The Morgan fingerprint density at radius 2 is 2.28 bits per heavy atom. The number of rotatable bonds is 4. The molecule has 0 amide bonds. The summed E-state index contributed by atoms with van der Waals surface area (Å²) in [6.45, 7) is 2.13. The highest BCUT2D eigenvalue weighted by Crippen LogP contribution is 2.23. The zero-order chi connectivity index (χ0) is 13.1. The smallest absolute Gasteiger partial charge is 0.161 e. The third-order valence-electron chi connectivity index (χ3n) is 2.91. The summed E-state index contributed by atoms with van der Waals surface area (Å²) in [7, 11) is 0. The van der Waals surface area contributed by atoms with Gasteiger partial charge in [-0.3, -0.25) is 4.79 Å². The third-order valence-corrected chi connectivity index (χ3v) is 2.91. The second kappa shape index (κ2) is 5.01. The number of nitrogens with zero attached hydrogens (tertiary/aromatic N) is 2. The minimum atomic E-state index is -0.347. The highest BCUT2D eigenvalue weighted by atomic mass is 19.1. The van der Waals surface area contributed by atoms with Gasteiger partial charge in [-0.25, -0.2) is 4.39 Å². The Labute approximate surface area is 104 Å². The summed E-state index contributed by atoms with van der Waals surface area (Å²) in [6.07, 6.45) is 2.93. The van der Waals surface area contributed by atoms with Crippen molar-refractivity contribution in [2.45, 2.75) is 26.3 Å². The van der Waals surface area contributed by atoms with Crippen molar-refractivity contribution in [3.63, 3.8) is 0 Å². The van der Waals surface area contributed by atoms with Gasteiger partial charge in [-0.1, -0.05) is 0 Å². The number of unbranched alkanes of at least 4 members (excludes halogenated alkanes) is 1. The molecule has 18 heavy (non-hydrogen) atoms. The van der Waals surface area contributed by atoms with E-state index in [2.05, 4.69) is 6.07 Å². The van der Waals surface area contributed by atoms with Crippen molar-refractivity contribution in [1.82, 2.24) is 4.57 Å². The van der Waals surface area contributed by atoms with E-state index in [4.69, 9.17) is 5.26 Å². The van der Waals surface area contributed by atoms with Gasteiger partial charge in [-0.05, 0) is 31.5 Å². The summed E-state index contributed by atoms with van der Waals surface area (Å²) in [6, 6.07) is 6.52. The van der Waals surface area contributed by atoms with Crippen LogP contribution in [0.1, 0.15) is 30.1 Å². The lowest BCUT2D eigenvalue weighted by Gasteiger charge is -2.02. The van der Waals surface area contributed by atoms with Crippen LogP contribution in [0.3, 0.4) is 0 Å². The van der Waals surface area contributed by atoms with Gasteiger partial charge in [0.25, 0.3) is 0 Å². The molecule has 0 aliphatic rings. The lowest BCUT2D eigenvalue weighted by molar-refractivity contribution is 0.101. The number of carbonyl (C=O) groups is 1. The molecule has 4 heteroatoms. The second-order valence-corrected chi connectivity index (χ2v) is 4.22. The maximum Gasteiger partial charge on any atom is 0.161 e. The summed E-state index contributed by atoms with van der Waals surface area (Å²) >= 11 is 0. The number of aromatic nitrogens is 1. The number of hydrogen-bond acceptors (Lipinski definition) is 2. The first-order valence-electron chi connectivity index (χ1n) is 5.80. The second-order valence-electron chi connectivity index (χ2n) is 4.22. The van der Waals surface area contributed by atoms with Gasteiger partial charge < -0.3 is 4.57 Å². The van der Waals surface area contributed by atoms with Crippen LogP contribution in [0.15, 0.2) is 24.4 Å². The minimum Gasteiger partial charge on any atom is -0.347 e. The van der Waals surface area contributed by atoms with Gasteiger partial charge in [0.15, 0.2) is 5.78 Å². The van der Waals surface area contributed by atoms with E-state index in [0.717, 1.165) is 11.9 Å². The maximum atomic E-state index is 13.2. The molecule has 0 fully saturated rings. The number of fused-ring (bicyclic) bond motifs is 1. The van der Waals surface area contributed by atoms with E-state index < -0.39 is 0 Å². The average molecular weight is 244 g/mol. The number of carbonyl (C=O) groups excluding carboxylic acids is 1. The van der Waals surface area contributed by atoms with Crippen molar-refractivity contribution >= 4 is 16.7 Å². The molecular weight excluding hydrogens is 231 g/mol. The Kier molecular flexibility index (Phi) is 3.42. The van der Waals surface area contributed by atoms with Crippen LogP contribution < -0.4 is 0 Å². The van der Waals surface area contributed by atoms with Gasteiger partial charge in [0.05, 0.1) is 6.07 Å². The van der Waals surface area contributed by atoms with Crippen LogP contribution >= 0.6 is 0 Å². The Bertz CT molecular complexity index is 637. The van der Waals surface area contributed by atoms with Gasteiger partial charge in [0, 0.05) is 35.6 Å². The molecule has 1 aromatic heterocycles. The van der Waals surface area contributed by atoms with E-state index >= 15 is 0 Å². The average Bonchev–Trinajstić information content (AvgIpc) is 2.68. The molecule has 0 atom stereocenters. The Morgan fingerprint density at radius 3 is 2.94 bits per heavy atom. The number of hydrogen-bond donors (Lipinski definition) is 0. The molecule has 0 bridgehead atoms. The fourth-order valence-corrected chi connectivity index (χ4v) is 2.06. The molecule has 0 saturated carbocycles. The van der Waals surface area contributed by atoms with Gasteiger partial charge in [0.2, 0.25) is 0 Å². The van der Waals surface area contributed by atoms with Crippen molar-refractivity contribution in [3.8, 4) is 6.07 Å². The van der Waals surface area contributed by atoms with E-state index in [1.165, 1.54) is 19.1 Å². The molecule has 2 rings (SSSR count). The lowest BCUT2D eigenvalue weighted by atomic mass is 10.1. The Morgan fingerprint density at radius 1 is 1.50 bits per heavy atom. The van der Waals surface area contributed by atoms with Gasteiger partial charge in [-0.15, -0.1) is 0 Å². The highest BCUT2D eigenvalue weighted by molar-refractivity contribution is 6.06. The van der Waals surface area contributed by atoms with Crippen LogP contribution in [0, 0.1) is 17.1 Å². The van der Waals surface area contributed by atoms with Crippen LogP contribution in [-0.2, 0) is 6.54 Å². The molecule has 0 radical (unpaired) electrons. The number of benzene rings is 1. The van der Waals surface area contributed by atoms with E-state index in [1.54, 1.807) is 12.3 Å². The SMILES string of the molecule is CC(=O)c1cn(CCCC#N)c2ccc(F)cc12. The van der Waals surface area contributed by atoms with Crippen LogP contribution in [-0.4, -0.2) is 10.4 Å². The molecule has 0 unspecified atom stereocenters. The molecule has 3 nitrogen and oxygen atoms in total. The van der Waals surface area contributed by atoms with Crippen molar-refractivity contribution < 1.29 is 9.18 Å². The summed E-state index contributed by atoms with van der Waals surface area (Å²) < 4.78 is 15.1. The van der Waals surface area contributed by atoms with E-state index in [1.807, 2.05) is 4.57 Å². The molecule has 0 aliphatic heterocycles. The monoisotopic (exact) mass is 244 g/mol. The molecule has 1 aromatic carbocycles. The van der Waals surface area contributed by atoms with Crippen molar-refractivity contribution in [1.29, 1.82) is 5.26 Å². The molecule has 2 aromatic rings. The first kappa shape index (κ1) is 12.3. The maximum absolute atomic E-state index is 13.2. The van der Waals surface area contributed by atoms with E-state index in [0.29, 0.717) is 23.9 Å². The van der Waals surface area contributed by atoms with Crippen LogP contribution in [0.4, 0.5) is 4.39 Å². The molecular formula is C14H13FN2O. The summed E-state index contributed by atoms with van der Waals surface area (Å²) in [4.78, 5) is 11.5. The van der Waals surface area contributed by atoms with Crippen LogP contribution in [0.2, 0.25) is 0 Å². The number of nitriles is 1. The fourth-order valence-electron chi connectivity index (χ4n) is 2.06. The van der Waals surface area contributed by atoms with Gasteiger partial charge >= 0.3 is 0 Å². The summed E-state index contributed by atoms with van der Waals surface area (Å²) in [5.74, 6) is -0.426. The number of ketones is 1. The normalized spacial score (nSPS) is 10.5. The van der Waals surface area contributed by atoms with Crippen LogP contribution in [0.5, 0.6) is 0 Å². The quantitative estimate of drug-likeness (QED) is 0.612. The zero-order valence-electron chi connectivity index (χ0n) is 10.1. The highest BCUT2D eigenvalue weighted by Gasteiger charge is 2.12. The van der Waals surface area contributed by atoms with Crippen molar-refractivity contribution in [2.24, 2.45) is 0 Å². The Hall–Kier alpha value is -2.15. The van der Waals surface area contributed by atoms with Crippen LogP contribution in [0.25, 0.3) is 10.9 Å². The van der Waals surface area contributed by atoms with Crippen molar-refractivity contribution in [2.75, 3.05) is 0 Å². The number of aryl methyl sites for hydroxylation is 1. The summed E-state index contributed by atoms with van der Waals surface area (Å²) in [5.41, 5.74) is 1.36. The minimum absolute atomic E-state index is 0.0790. The standard InChI is InChI=1S/C14H13FN2O/c1-10(18)13-9-17(7-3-2-6-16)14-5-4-11(15)8-12(13)14/h4-5,8-9H,2-3,7H2,1H3. The van der Waals surface area contributed by atoms with Crippen molar-refractivity contribution in [3.05, 3.63) is 35.8 Å². The first-order valence-corrected chi connectivity index (χ1v) is 5.80. The fraction of sp³-hybridized carbons (Fsp3) is 0.286. The first-order chi connectivity index (χ1) is 8.63. The molecule has 0 saturated heterocycles. The van der Waals surface area contributed by atoms with E-state index in [-0.39, 0.29) is 11.6 Å². The molecule has 0 aliphatic carbocycles.